The second-order valence-electron chi connectivity index (χ2n) is 3.71. The fraction of sp³-hybridized carbons (Fsp3) is 0.643. The molecule has 0 saturated heterocycles. The molecule has 0 saturated carbocycles. The summed E-state index contributed by atoms with van der Waals surface area (Å²) in [5, 5.41) is 0. The Kier molecular flexibility index (Phi) is 9.23. The van der Waals surface area contributed by atoms with E-state index in [1.165, 1.54) is 26.2 Å². The Bertz CT molecular complexity index is 288. The number of ether oxygens (including phenoxy) is 1. The van der Waals surface area contributed by atoms with Crippen LogP contribution in [0.25, 0.3) is 0 Å². The SMILES string of the molecule is C#CC#C[C@@H](CCCCCCC)OC(C)=O. The minimum absolute atomic E-state index is 0.301. The molecule has 0 aromatic rings. The topological polar surface area (TPSA) is 26.3 Å². The van der Waals surface area contributed by atoms with Gasteiger partial charge in [0.25, 0.3) is 0 Å². The number of hydrogen-bond donors (Lipinski definition) is 0. The van der Waals surface area contributed by atoms with Crippen LogP contribution in [0, 0.1) is 24.2 Å². The molecule has 0 spiro atoms. The van der Waals surface area contributed by atoms with Gasteiger partial charge in [0, 0.05) is 6.92 Å². The highest BCUT2D eigenvalue weighted by molar-refractivity contribution is 5.66. The van der Waals surface area contributed by atoms with Gasteiger partial charge in [0.05, 0.1) is 0 Å². The monoisotopic (exact) mass is 220 g/mol. The Morgan fingerprint density at radius 2 is 2.00 bits per heavy atom. The van der Waals surface area contributed by atoms with Crippen molar-refractivity contribution >= 4 is 5.97 Å². The lowest BCUT2D eigenvalue weighted by Crippen LogP contribution is -2.14. The molecule has 0 aliphatic heterocycles. The molecule has 0 bridgehead atoms. The fourth-order valence-electron chi connectivity index (χ4n) is 1.42. The van der Waals surface area contributed by atoms with E-state index in [-0.39, 0.29) is 12.1 Å². The quantitative estimate of drug-likeness (QED) is 0.374. The summed E-state index contributed by atoms with van der Waals surface area (Å²) in [5.74, 6) is 7.20. The van der Waals surface area contributed by atoms with Gasteiger partial charge in [-0.25, -0.2) is 0 Å². The van der Waals surface area contributed by atoms with E-state index >= 15 is 0 Å². The minimum Gasteiger partial charge on any atom is -0.449 e. The van der Waals surface area contributed by atoms with Gasteiger partial charge in [-0.05, 0) is 30.6 Å². The molecule has 0 aromatic heterocycles. The lowest BCUT2D eigenvalue weighted by atomic mass is 10.1. The van der Waals surface area contributed by atoms with Gasteiger partial charge in [0.2, 0.25) is 0 Å². The third-order valence-electron chi connectivity index (χ3n) is 2.18. The Morgan fingerprint density at radius 1 is 1.31 bits per heavy atom. The van der Waals surface area contributed by atoms with Crippen molar-refractivity contribution in [3.8, 4) is 24.2 Å². The summed E-state index contributed by atoms with van der Waals surface area (Å²) >= 11 is 0. The number of carbonyl (C=O) groups is 1. The van der Waals surface area contributed by atoms with Crippen LogP contribution in [-0.4, -0.2) is 12.1 Å². The molecule has 0 heterocycles. The van der Waals surface area contributed by atoms with Crippen LogP contribution in [0.1, 0.15) is 52.4 Å². The molecule has 0 radical (unpaired) electrons. The number of hydrogen-bond acceptors (Lipinski definition) is 2. The van der Waals surface area contributed by atoms with Gasteiger partial charge < -0.3 is 4.74 Å². The summed E-state index contributed by atoms with van der Waals surface area (Å²) in [6.45, 7) is 3.57. The molecule has 0 aliphatic carbocycles. The molecule has 0 amide bonds. The van der Waals surface area contributed by atoms with E-state index in [9.17, 15) is 4.79 Å². The summed E-state index contributed by atoms with van der Waals surface area (Å²) in [7, 11) is 0. The maximum atomic E-state index is 10.8. The van der Waals surface area contributed by atoms with Crippen molar-refractivity contribution in [1.29, 1.82) is 0 Å². The van der Waals surface area contributed by atoms with E-state index in [4.69, 9.17) is 11.2 Å². The smallest absolute Gasteiger partial charge is 0.303 e. The van der Waals surface area contributed by atoms with Crippen LogP contribution >= 0.6 is 0 Å². The molecule has 0 N–H and O–H groups in total. The Balaban J connectivity index is 3.84. The van der Waals surface area contributed by atoms with Crippen LogP contribution in [0.2, 0.25) is 0 Å². The first-order chi connectivity index (χ1) is 7.70. The van der Waals surface area contributed by atoms with Crippen LogP contribution < -0.4 is 0 Å². The van der Waals surface area contributed by atoms with Gasteiger partial charge >= 0.3 is 5.97 Å². The Labute approximate surface area is 98.8 Å². The van der Waals surface area contributed by atoms with E-state index in [1.807, 2.05) is 0 Å². The van der Waals surface area contributed by atoms with Crippen molar-refractivity contribution in [2.24, 2.45) is 0 Å². The highest BCUT2D eigenvalue weighted by Crippen LogP contribution is 2.09. The van der Waals surface area contributed by atoms with Crippen LogP contribution in [-0.2, 0) is 9.53 Å². The van der Waals surface area contributed by atoms with Crippen molar-refractivity contribution < 1.29 is 9.53 Å². The third kappa shape index (κ3) is 9.16. The summed E-state index contributed by atoms with van der Waals surface area (Å²) in [6, 6.07) is 0. The zero-order valence-electron chi connectivity index (χ0n) is 10.2. The largest absolute Gasteiger partial charge is 0.449 e. The van der Waals surface area contributed by atoms with Gasteiger partial charge in [-0.3, -0.25) is 4.79 Å². The van der Waals surface area contributed by atoms with Crippen LogP contribution in [0.15, 0.2) is 0 Å². The molecule has 0 aromatic carbocycles. The average Bonchev–Trinajstić information content (AvgIpc) is 2.24. The number of rotatable bonds is 7. The second kappa shape index (κ2) is 10.1. The van der Waals surface area contributed by atoms with Crippen molar-refractivity contribution in [3.63, 3.8) is 0 Å². The lowest BCUT2D eigenvalue weighted by Gasteiger charge is -2.10. The summed E-state index contributed by atoms with van der Waals surface area (Å²) in [5.41, 5.74) is 0. The molecule has 2 heteroatoms. The molecule has 0 unspecified atom stereocenters. The van der Waals surface area contributed by atoms with Gasteiger partial charge in [-0.15, -0.1) is 6.42 Å². The normalized spacial score (nSPS) is 10.8. The van der Waals surface area contributed by atoms with Gasteiger partial charge in [-0.1, -0.05) is 32.6 Å². The lowest BCUT2D eigenvalue weighted by molar-refractivity contribution is -0.144. The molecule has 2 nitrogen and oxygen atoms in total. The van der Waals surface area contributed by atoms with E-state index < -0.39 is 0 Å². The van der Waals surface area contributed by atoms with Gasteiger partial charge in [0.1, 0.15) is 0 Å². The first-order valence-corrected chi connectivity index (χ1v) is 5.84. The summed E-state index contributed by atoms with van der Waals surface area (Å²) in [4.78, 5) is 10.8. The number of esters is 1. The van der Waals surface area contributed by atoms with Crippen LogP contribution in [0.5, 0.6) is 0 Å². The first-order valence-electron chi connectivity index (χ1n) is 5.84. The van der Waals surface area contributed by atoms with E-state index in [0.29, 0.717) is 0 Å². The zero-order chi connectivity index (χ0) is 12.2. The van der Waals surface area contributed by atoms with Gasteiger partial charge in [0.15, 0.2) is 6.10 Å². The number of carbonyl (C=O) groups excluding carboxylic acids is 1. The maximum absolute atomic E-state index is 10.8. The predicted octanol–water partition coefficient (Wildman–Crippen LogP) is 2.92. The average molecular weight is 220 g/mol. The molecule has 0 aliphatic rings. The molecular weight excluding hydrogens is 200 g/mol. The van der Waals surface area contributed by atoms with Gasteiger partial charge in [-0.2, -0.15) is 0 Å². The molecular formula is C14H20O2. The van der Waals surface area contributed by atoms with Crippen LogP contribution in [0.4, 0.5) is 0 Å². The standard InChI is InChI=1S/C14H20O2/c1-4-6-8-9-10-12-14(11-7-5-2)16-13(3)15/h2,14H,4,6,8-10,12H2,1,3H3/t14-/m0/s1. The third-order valence-corrected chi connectivity index (χ3v) is 2.18. The highest BCUT2D eigenvalue weighted by Gasteiger charge is 2.07. The van der Waals surface area contributed by atoms with E-state index in [2.05, 4.69) is 24.7 Å². The summed E-state index contributed by atoms with van der Waals surface area (Å²) in [6.07, 6.45) is 11.4. The highest BCUT2D eigenvalue weighted by atomic mass is 16.5. The molecule has 0 rings (SSSR count). The maximum Gasteiger partial charge on any atom is 0.303 e. The molecule has 88 valence electrons. The van der Waals surface area contributed by atoms with Crippen LogP contribution in [0.3, 0.4) is 0 Å². The number of terminal acetylenes is 1. The predicted molar refractivity (Wildman–Crippen MR) is 65.5 cm³/mol. The Morgan fingerprint density at radius 3 is 2.56 bits per heavy atom. The molecule has 1 atom stereocenters. The minimum atomic E-state index is -0.338. The molecule has 0 fully saturated rings. The number of unbranched alkanes of at least 4 members (excludes halogenated alkanes) is 4. The van der Waals surface area contributed by atoms with E-state index in [0.717, 1.165) is 19.3 Å². The fourth-order valence-corrected chi connectivity index (χ4v) is 1.42. The second-order valence-corrected chi connectivity index (χ2v) is 3.71. The van der Waals surface area contributed by atoms with E-state index in [1.54, 1.807) is 0 Å². The zero-order valence-corrected chi connectivity index (χ0v) is 10.2. The van der Waals surface area contributed by atoms with Crippen molar-refractivity contribution in [2.75, 3.05) is 0 Å². The van der Waals surface area contributed by atoms with Crippen molar-refractivity contribution in [1.82, 2.24) is 0 Å². The Hall–Kier alpha value is -1.41. The van der Waals surface area contributed by atoms with Crippen molar-refractivity contribution in [2.45, 2.75) is 58.5 Å². The molecule has 16 heavy (non-hydrogen) atoms. The van der Waals surface area contributed by atoms with Crippen molar-refractivity contribution in [3.05, 3.63) is 0 Å². The summed E-state index contributed by atoms with van der Waals surface area (Å²) < 4.78 is 5.05. The first kappa shape index (κ1) is 14.6.